The number of carboxylic acid groups (broad SMARTS) is 1. The van der Waals surface area contributed by atoms with Crippen molar-refractivity contribution in [1.82, 2.24) is 4.98 Å². The molecule has 1 saturated heterocycles. The number of pyridine rings is 1. The zero-order valence-corrected chi connectivity index (χ0v) is 11.2. The van der Waals surface area contributed by atoms with Gasteiger partial charge < -0.3 is 15.2 Å². The highest BCUT2D eigenvalue weighted by atomic mass is 16.5. The molecule has 1 aliphatic rings. The van der Waals surface area contributed by atoms with Crippen LogP contribution in [0.15, 0.2) is 18.3 Å². The molecule has 1 fully saturated rings. The number of aromatic nitrogens is 1. The molecule has 0 aliphatic carbocycles. The van der Waals surface area contributed by atoms with Gasteiger partial charge >= 0.3 is 5.97 Å². The van der Waals surface area contributed by atoms with Gasteiger partial charge in [0.15, 0.2) is 0 Å². The van der Waals surface area contributed by atoms with Crippen molar-refractivity contribution in [3.63, 3.8) is 0 Å². The Morgan fingerprint density at radius 1 is 1.45 bits per heavy atom. The standard InChI is InChI=1S/C14H18N2O4/c17-13(5-4-11-3-1-2-8-20-11)16-12-9-10(14(18)19)6-7-15-12/h6-7,9,11H,1-5,8H2,(H,18,19)(H,15,16,17). The lowest BCUT2D eigenvalue weighted by molar-refractivity contribution is -0.117. The lowest BCUT2D eigenvalue weighted by Crippen LogP contribution is -2.22. The van der Waals surface area contributed by atoms with Crippen molar-refractivity contribution in [2.24, 2.45) is 0 Å². The van der Waals surface area contributed by atoms with E-state index in [0.29, 0.717) is 12.8 Å². The van der Waals surface area contributed by atoms with Crippen LogP contribution >= 0.6 is 0 Å². The van der Waals surface area contributed by atoms with Gasteiger partial charge in [-0.1, -0.05) is 0 Å². The summed E-state index contributed by atoms with van der Waals surface area (Å²) >= 11 is 0. The fourth-order valence-corrected chi connectivity index (χ4v) is 2.16. The summed E-state index contributed by atoms with van der Waals surface area (Å²) in [6.45, 7) is 0.772. The van der Waals surface area contributed by atoms with Crippen molar-refractivity contribution in [3.05, 3.63) is 23.9 Å². The van der Waals surface area contributed by atoms with E-state index in [0.717, 1.165) is 25.9 Å². The Bertz CT molecular complexity index is 484. The van der Waals surface area contributed by atoms with Crippen molar-refractivity contribution >= 4 is 17.7 Å². The molecule has 1 aromatic rings. The van der Waals surface area contributed by atoms with E-state index in [1.807, 2.05) is 0 Å². The van der Waals surface area contributed by atoms with Crippen molar-refractivity contribution in [2.75, 3.05) is 11.9 Å². The molecule has 1 amide bonds. The smallest absolute Gasteiger partial charge is 0.335 e. The number of rotatable bonds is 5. The number of aromatic carboxylic acids is 1. The number of ether oxygens (including phenoxy) is 1. The summed E-state index contributed by atoms with van der Waals surface area (Å²) < 4.78 is 5.56. The molecule has 0 aromatic carbocycles. The van der Waals surface area contributed by atoms with E-state index >= 15 is 0 Å². The second-order valence-electron chi connectivity index (χ2n) is 4.81. The molecule has 0 spiro atoms. The molecule has 2 N–H and O–H groups in total. The monoisotopic (exact) mass is 278 g/mol. The number of nitrogens with zero attached hydrogens (tertiary/aromatic N) is 1. The third kappa shape index (κ3) is 4.31. The minimum Gasteiger partial charge on any atom is -0.478 e. The van der Waals surface area contributed by atoms with Crippen LogP contribution in [-0.2, 0) is 9.53 Å². The molecule has 2 rings (SSSR count). The fraction of sp³-hybridized carbons (Fsp3) is 0.500. The van der Waals surface area contributed by atoms with Crippen LogP contribution in [0.5, 0.6) is 0 Å². The van der Waals surface area contributed by atoms with E-state index in [1.165, 1.54) is 18.3 Å². The SMILES string of the molecule is O=C(CCC1CCCCO1)Nc1cc(C(=O)O)ccn1. The first-order valence-electron chi connectivity index (χ1n) is 6.76. The molecular formula is C14H18N2O4. The summed E-state index contributed by atoms with van der Waals surface area (Å²) in [6.07, 6.45) is 5.80. The van der Waals surface area contributed by atoms with Crippen LogP contribution in [0.25, 0.3) is 0 Å². The fourth-order valence-electron chi connectivity index (χ4n) is 2.16. The zero-order chi connectivity index (χ0) is 14.4. The Morgan fingerprint density at radius 3 is 3.00 bits per heavy atom. The molecule has 0 radical (unpaired) electrons. The Hall–Kier alpha value is -1.95. The van der Waals surface area contributed by atoms with Gasteiger partial charge in [-0.3, -0.25) is 4.79 Å². The number of hydrogen-bond donors (Lipinski definition) is 2. The van der Waals surface area contributed by atoms with Crippen LogP contribution in [-0.4, -0.2) is 34.7 Å². The molecule has 108 valence electrons. The van der Waals surface area contributed by atoms with Gasteiger partial charge in [0.05, 0.1) is 11.7 Å². The van der Waals surface area contributed by atoms with E-state index in [-0.39, 0.29) is 23.4 Å². The molecule has 6 heteroatoms. The van der Waals surface area contributed by atoms with Gasteiger partial charge in [0.25, 0.3) is 0 Å². The molecule has 20 heavy (non-hydrogen) atoms. The van der Waals surface area contributed by atoms with Crippen molar-refractivity contribution in [2.45, 2.75) is 38.2 Å². The highest BCUT2D eigenvalue weighted by Crippen LogP contribution is 2.17. The molecular weight excluding hydrogens is 260 g/mol. The van der Waals surface area contributed by atoms with Crippen LogP contribution in [0.3, 0.4) is 0 Å². The molecule has 1 unspecified atom stereocenters. The summed E-state index contributed by atoms with van der Waals surface area (Å²) in [7, 11) is 0. The molecule has 0 bridgehead atoms. The lowest BCUT2D eigenvalue weighted by atomic mass is 10.0. The average molecular weight is 278 g/mol. The summed E-state index contributed by atoms with van der Waals surface area (Å²) in [4.78, 5) is 26.5. The highest BCUT2D eigenvalue weighted by Gasteiger charge is 2.15. The largest absolute Gasteiger partial charge is 0.478 e. The summed E-state index contributed by atoms with van der Waals surface area (Å²) in [6, 6.07) is 2.73. The molecule has 1 aromatic heterocycles. The molecule has 0 saturated carbocycles. The second kappa shape index (κ2) is 7.00. The van der Waals surface area contributed by atoms with Crippen LogP contribution in [0, 0.1) is 0 Å². The van der Waals surface area contributed by atoms with Crippen molar-refractivity contribution in [1.29, 1.82) is 0 Å². The number of carboxylic acids is 1. The van der Waals surface area contributed by atoms with Crippen molar-refractivity contribution < 1.29 is 19.4 Å². The van der Waals surface area contributed by atoms with E-state index in [1.54, 1.807) is 0 Å². The maximum Gasteiger partial charge on any atom is 0.335 e. The predicted octanol–water partition coefficient (Wildman–Crippen LogP) is 2.07. The van der Waals surface area contributed by atoms with Gasteiger partial charge in [-0.15, -0.1) is 0 Å². The summed E-state index contributed by atoms with van der Waals surface area (Å²) in [5.74, 6) is -0.952. The van der Waals surface area contributed by atoms with E-state index in [2.05, 4.69) is 10.3 Å². The van der Waals surface area contributed by atoms with Crippen molar-refractivity contribution in [3.8, 4) is 0 Å². The maximum atomic E-state index is 11.8. The first-order chi connectivity index (χ1) is 9.65. The first kappa shape index (κ1) is 14.5. The number of carbonyl (C=O) groups excluding carboxylic acids is 1. The predicted molar refractivity (Wildman–Crippen MR) is 72.7 cm³/mol. The minimum atomic E-state index is -1.04. The minimum absolute atomic E-state index is 0.103. The molecule has 2 heterocycles. The van der Waals surface area contributed by atoms with E-state index in [4.69, 9.17) is 9.84 Å². The van der Waals surface area contributed by atoms with Gasteiger partial charge in [-0.05, 0) is 37.8 Å². The second-order valence-corrected chi connectivity index (χ2v) is 4.81. The Balaban J connectivity index is 1.81. The zero-order valence-electron chi connectivity index (χ0n) is 11.2. The summed E-state index contributed by atoms with van der Waals surface area (Å²) in [5, 5.41) is 11.5. The highest BCUT2D eigenvalue weighted by molar-refractivity contribution is 5.92. The van der Waals surface area contributed by atoms with Crippen LogP contribution in [0.4, 0.5) is 5.82 Å². The van der Waals surface area contributed by atoms with Crippen LogP contribution in [0.2, 0.25) is 0 Å². The van der Waals surface area contributed by atoms with Crippen LogP contribution < -0.4 is 5.32 Å². The lowest BCUT2D eigenvalue weighted by Gasteiger charge is -2.22. The number of hydrogen-bond acceptors (Lipinski definition) is 4. The normalized spacial score (nSPS) is 18.5. The Kier molecular flexibility index (Phi) is 5.06. The van der Waals surface area contributed by atoms with Gasteiger partial charge in [0.1, 0.15) is 5.82 Å². The van der Waals surface area contributed by atoms with E-state index < -0.39 is 5.97 Å². The van der Waals surface area contributed by atoms with Crippen LogP contribution in [0.1, 0.15) is 42.5 Å². The molecule has 6 nitrogen and oxygen atoms in total. The molecule has 1 atom stereocenters. The van der Waals surface area contributed by atoms with Gasteiger partial charge in [0, 0.05) is 19.2 Å². The number of amides is 1. The van der Waals surface area contributed by atoms with Gasteiger partial charge in [-0.2, -0.15) is 0 Å². The summed E-state index contributed by atoms with van der Waals surface area (Å²) in [5.41, 5.74) is 0.103. The first-order valence-corrected chi connectivity index (χ1v) is 6.76. The Labute approximate surface area is 117 Å². The topological polar surface area (TPSA) is 88.5 Å². The quantitative estimate of drug-likeness (QED) is 0.860. The van der Waals surface area contributed by atoms with Gasteiger partial charge in [0.2, 0.25) is 5.91 Å². The third-order valence-electron chi connectivity index (χ3n) is 3.24. The Morgan fingerprint density at radius 2 is 2.30 bits per heavy atom. The number of nitrogens with one attached hydrogen (secondary N) is 1. The average Bonchev–Trinajstić information content (AvgIpc) is 2.46. The number of anilines is 1. The maximum absolute atomic E-state index is 11.8. The number of carbonyl (C=O) groups is 2. The van der Waals surface area contributed by atoms with E-state index in [9.17, 15) is 9.59 Å². The third-order valence-corrected chi connectivity index (χ3v) is 3.24. The molecule has 1 aliphatic heterocycles. The van der Waals surface area contributed by atoms with Gasteiger partial charge in [-0.25, -0.2) is 9.78 Å².